The minimum absolute atomic E-state index is 0.0429. The Morgan fingerprint density at radius 3 is 2.40 bits per heavy atom. The summed E-state index contributed by atoms with van der Waals surface area (Å²) in [5.41, 5.74) is 14.9. The summed E-state index contributed by atoms with van der Waals surface area (Å²) >= 11 is 0. The zero-order valence-corrected chi connectivity index (χ0v) is 29.9. The van der Waals surface area contributed by atoms with E-state index in [1.54, 1.807) is 6.07 Å². The highest BCUT2D eigenvalue weighted by atomic mass is 32.2. The molecule has 0 unspecified atom stereocenters. The van der Waals surface area contributed by atoms with Crippen molar-refractivity contribution in [3.63, 3.8) is 0 Å². The second-order valence-electron chi connectivity index (χ2n) is 14.1. The molecule has 0 atom stereocenters. The minimum atomic E-state index is -4.26. The van der Waals surface area contributed by atoms with Gasteiger partial charge in [-0.2, -0.15) is 13.0 Å². The highest BCUT2D eigenvalue weighted by molar-refractivity contribution is 7.85. The molecule has 0 bridgehead atoms. The van der Waals surface area contributed by atoms with Crippen LogP contribution in [0.3, 0.4) is 0 Å². The maximum atomic E-state index is 11.9. The van der Waals surface area contributed by atoms with E-state index < -0.39 is 18.2 Å². The monoisotopic (exact) mass is 669 g/mol. The molecular formula is C41H41N2O3SSi+. The summed E-state index contributed by atoms with van der Waals surface area (Å²) in [5, 5.41) is 2.88. The molecule has 1 N–H and O–H groups in total. The van der Waals surface area contributed by atoms with Crippen molar-refractivity contribution in [2.75, 3.05) is 18.0 Å². The molecule has 0 saturated carbocycles. The molecule has 0 radical (unpaired) electrons. The molecule has 48 heavy (non-hydrogen) atoms. The lowest BCUT2D eigenvalue weighted by Gasteiger charge is -2.39. The lowest BCUT2D eigenvalue weighted by atomic mass is 9.85. The van der Waals surface area contributed by atoms with Crippen molar-refractivity contribution in [1.82, 2.24) is 0 Å². The van der Waals surface area contributed by atoms with Crippen LogP contribution < -0.4 is 10.1 Å². The first-order valence-corrected chi connectivity index (χ1v) is 21.4. The summed E-state index contributed by atoms with van der Waals surface area (Å²) in [5.74, 6) is 0. The van der Waals surface area contributed by atoms with Crippen LogP contribution in [-0.4, -0.2) is 44.4 Å². The van der Waals surface area contributed by atoms with Crippen LogP contribution in [0.1, 0.15) is 46.2 Å². The molecule has 4 aromatic carbocycles. The van der Waals surface area contributed by atoms with Gasteiger partial charge in [0.15, 0.2) is 0 Å². The van der Waals surface area contributed by atoms with Crippen LogP contribution in [0.2, 0.25) is 13.1 Å². The van der Waals surface area contributed by atoms with Gasteiger partial charge in [-0.05, 0) is 119 Å². The van der Waals surface area contributed by atoms with Gasteiger partial charge in [0.05, 0.1) is 4.90 Å². The molecule has 3 heterocycles. The number of benzene rings is 4. The molecule has 0 aromatic heterocycles. The fourth-order valence-electron chi connectivity index (χ4n) is 8.44. The molecule has 0 fully saturated rings. The number of nitrogens with zero attached hydrogens (tertiary/aromatic N) is 2. The Hall–Kier alpha value is -4.30. The van der Waals surface area contributed by atoms with Gasteiger partial charge in [0.1, 0.15) is 14.6 Å². The minimum Gasteiger partial charge on any atom is -0.341 e. The van der Waals surface area contributed by atoms with Crippen molar-refractivity contribution in [2.24, 2.45) is 0 Å². The number of rotatable bonds is 3. The van der Waals surface area contributed by atoms with Gasteiger partial charge in [0, 0.05) is 48.1 Å². The van der Waals surface area contributed by atoms with Crippen molar-refractivity contribution in [1.29, 1.82) is 0 Å². The number of allylic oxidation sites excluding steroid dienone is 5. The summed E-state index contributed by atoms with van der Waals surface area (Å²) in [6.07, 6.45) is 10.9. The van der Waals surface area contributed by atoms with Gasteiger partial charge in [-0.1, -0.05) is 55.6 Å². The van der Waals surface area contributed by atoms with Gasteiger partial charge in [-0.3, -0.25) is 4.55 Å². The van der Waals surface area contributed by atoms with Crippen molar-refractivity contribution < 1.29 is 17.5 Å². The summed E-state index contributed by atoms with van der Waals surface area (Å²) in [7, 11) is -6.50. The van der Waals surface area contributed by atoms with Crippen molar-refractivity contribution in [3.8, 4) is 0 Å². The Morgan fingerprint density at radius 1 is 0.833 bits per heavy atom. The summed E-state index contributed by atoms with van der Waals surface area (Å²) in [6.45, 7) is 11.3. The molecule has 0 spiro atoms. The smallest absolute Gasteiger partial charge is 0.294 e. The Morgan fingerprint density at radius 2 is 1.60 bits per heavy atom. The molecule has 1 aliphatic carbocycles. The number of aryl methyl sites for hydroxylation is 4. The predicted molar refractivity (Wildman–Crippen MR) is 199 cm³/mol. The Balaban J connectivity index is 1.34. The predicted octanol–water partition coefficient (Wildman–Crippen LogP) is 8.13. The fraction of sp³-hybridized carbons (Fsp3) is 0.244. The first-order chi connectivity index (χ1) is 23.0. The third-order valence-electron chi connectivity index (χ3n) is 10.8. The first kappa shape index (κ1) is 31.0. The average Bonchev–Trinajstić information content (AvgIpc) is 3.08. The molecule has 8 rings (SSSR count). The van der Waals surface area contributed by atoms with E-state index in [0.717, 1.165) is 55.7 Å². The topological polar surface area (TPSA) is 60.6 Å². The summed E-state index contributed by atoms with van der Waals surface area (Å²) < 4.78 is 35.9. The molecule has 5 nitrogen and oxygen atoms in total. The zero-order valence-electron chi connectivity index (χ0n) is 28.0. The second-order valence-corrected chi connectivity index (χ2v) is 19.9. The normalized spacial score (nSPS) is 19.7. The third-order valence-corrected chi connectivity index (χ3v) is 15.2. The van der Waals surface area contributed by atoms with E-state index in [1.165, 1.54) is 66.8 Å². The standard InChI is InChI=1S/C41H40N2O3SSi/c1-27-10-7-11-28(2)40(27)41-34-19-16-31(42-22-8-13-29-12-5-6-15-36(29)42)25-38(34)48(3,4)39-26-32(17-20-35(39)41)43-23-9-14-30-24-33(47(44,45)46)18-21-37(30)43/h5-7,10-12,15-21,24-26H,8-9,13-14,22-23H2,1-4H3/p+1. The van der Waals surface area contributed by atoms with Gasteiger partial charge in [0.2, 0.25) is 11.4 Å². The largest absolute Gasteiger partial charge is 0.341 e. The quantitative estimate of drug-likeness (QED) is 0.136. The first-order valence-electron chi connectivity index (χ1n) is 17.0. The third kappa shape index (κ3) is 4.99. The molecule has 0 saturated heterocycles. The Labute approximate surface area is 285 Å². The molecule has 7 heteroatoms. The van der Waals surface area contributed by atoms with Crippen LogP contribution in [0.25, 0.3) is 5.57 Å². The van der Waals surface area contributed by atoms with Crippen LogP contribution in [0.5, 0.6) is 0 Å². The lowest BCUT2D eigenvalue weighted by molar-refractivity contribution is -0.444. The Bertz CT molecular complexity index is 2260. The van der Waals surface area contributed by atoms with Gasteiger partial charge < -0.3 is 4.90 Å². The van der Waals surface area contributed by atoms with Crippen LogP contribution in [0.15, 0.2) is 113 Å². The average molecular weight is 670 g/mol. The summed E-state index contributed by atoms with van der Waals surface area (Å²) in [4.78, 5) is 2.47. The van der Waals surface area contributed by atoms with Crippen molar-refractivity contribution >= 4 is 51.7 Å². The van der Waals surface area contributed by atoms with Gasteiger partial charge in [0.25, 0.3) is 10.1 Å². The summed E-state index contributed by atoms with van der Waals surface area (Å²) in [6, 6.07) is 27.7. The van der Waals surface area contributed by atoms with E-state index in [2.05, 4.69) is 115 Å². The number of hydrogen-bond donors (Lipinski definition) is 1. The maximum absolute atomic E-state index is 11.9. The number of fused-ring (bicyclic) bond motifs is 4. The van der Waals surface area contributed by atoms with Crippen LogP contribution in [0.4, 0.5) is 17.1 Å². The lowest BCUT2D eigenvalue weighted by Crippen LogP contribution is -2.50. The van der Waals surface area contributed by atoms with E-state index in [1.807, 2.05) is 6.07 Å². The SMILES string of the molecule is Cc1cccc(C)c1C1=C2C=CC(=[N+]3CCCc4cc(S(=O)(=O)O)ccc43)C=C2[Si](C)(C)c2cc(N3CCCc4ccccc43)ccc21. The van der Waals surface area contributed by atoms with Crippen LogP contribution in [-0.2, 0) is 23.0 Å². The highest BCUT2D eigenvalue weighted by Crippen LogP contribution is 2.45. The number of hydrogen-bond acceptors (Lipinski definition) is 3. The van der Waals surface area contributed by atoms with E-state index >= 15 is 0 Å². The maximum Gasteiger partial charge on any atom is 0.294 e. The van der Waals surface area contributed by atoms with E-state index in [9.17, 15) is 13.0 Å². The molecular weight excluding hydrogens is 629 g/mol. The second kappa shape index (κ2) is 11.4. The van der Waals surface area contributed by atoms with Crippen molar-refractivity contribution in [3.05, 3.63) is 141 Å². The van der Waals surface area contributed by atoms with Crippen LogP contribution in [0, 0.1) is 13.8 Å². The highest BCUT2D eigenvalue weighted by Gasteiger charge is 2.41. The van der Waals surface area contributed by atoms with Gasteiger partial charge in [-0.15, -0.1) is 0 Å². The van der Waals surface area contributed by atoms with Gasteiger partial charge >= 0.3 is 0 Å². The molecule has 4 aromatic rings. The van der Waals surface area contributed by atoms with Crippen LogP contribution >= 0.6 is 0 Å². The number of anilines is 2. The van der Waals surface area contributed by atoms with E-state index in [0.29, 0.717) is 0 Å². The van der Waals surface area contributed by atoms with E-state index in [-0.39, 0.29) is 4.90 Å². The fourth-order valence-corrected chi connectivity index (χ4v) is 12.0. The number of para-hydroxylation sites is 1. The molecule has 4 aliphatic rings. The molecule has 242 valence electrons. The molecule has 0 amide bonds. The molecule has 3 aliphatic heterocycles. The Kier molecular flexibility index (Phi) is 7.36. The van der Waals surface area contributed by atoms with E-state index in [4.69, 9.17) is 0 Å². The zero-order chi connectivity index (χ0) is 33.4. The van der Waals surface area contributed by atoms with Gasteiger partial charge in [-0.25, -0.2) is 0 Å². The van der Waals surface area contributed by atoms with Crippen molar-refractivity contribution in [2.45, 2.75) is 57.5 Å².